The first-order valence-corrected chi connectivity index (χ1v) is 12.0. The first-order chi connectivity index (χ1) is 14.7. The van der Waals surface area contributed by atoms with E-state index in [0.29, 0.717) is 38.5 Å². The Hall–Kier alpha value is -2.20. The monoisotopic (exact) mass is 448 g/mol. The number of amides is 1. The second kappa shape index (κ2) is 9.95. The number of carbonyl (C=O) groups excluding carboxylic acids is 1. The van der Waals surface area contributed by atoms with Crippen LogP contribution in [0.5, 0.6) is 0 Å². The van der Waals surface area contributed by atoms with Gasteiger partial charge in [-0.1, -0.05) is 31.2 Å². The molecule has 1 saturated heterocycles. The number of likely N-dealkylation sites (N-methyl/N-ethyl adjacent to an activating group) is 1. The fourth-order valence-electron chi connectivity index (χ4n) is 3.69. The topological polar surface area (TPSA) is 83.9 Å². The van der Waals surface area contributed by atoms with E-state index in [0.717, 1.165) is 12.0 Å². The predicted molar refractivity (Wildman–Crippen MR) is 120 cm³/mol. The Morgan fingerprint density at radius 1 is 1.19 bits per heavy atom. The summed E-state index contributed by atoms with van der Waals surface area (Å²) >= 11 is 0. The molecule has 0 saturated carbocycles. The molecule has 1 fully saturated rings. The Morgan fingerprint density at radius 2 is 1.84 bits per heavy atom. The van der Waals surface area contributed by atoms with Crippen LogP contribution in [-0.4, -0.2) is 75.0 Å². The van der Waals surface area contributed by atoms with Gasteiger partial charge >= 0.3 is 0 Å². The molecule has 0 spiro atoms. The molecule has 1 aliphatic heterocycles. The van der Waals surface area contributed by atoms with Gasteiger partial charge in [0.1, 0.15) is 10.6 Å². The highest BCUT2D eigenvalue weighted by Crippen LogP contribution is 2.21. The standard InChI is InChI=1S/C22H32N4O4S/c1-5-17-6-8-18(9-7-17)21(24(2)3)15-23-22(27)20-14-19(16-25(20)4)31(28,29)26-10-12-30-13-11-26/h6-9,14,16,21H,5,10-13,15H2,1-4H3,(H,23,27). The van der Waals surface area contributed by atoms with E-state index in [4.69, 9.17) is 4.74 Å². The summed E-state index contributed by atoms with van der Waals surface area (Å²) in [6.45, 7) is 3.93. The van der Waals surface area contributed by atoms with Gasteiger partial charge in [-0.25, -0.2) is 8.42 Å². The number of benzene rings is 1. The van der Waals surface area contributed by atoms with Crippen LogP contribution in [-0.2, 0) is 28.2 Å². The summed E-state index contributed by atoms with van der Waals surface area (Å²) in [4.78, 5) is 15.0. The molecule has 3 rings (SSSR count). The van der Waals surface area contributed by atoms with E-state index in [9.17, 15) is 13.2 Å². The van der Waals surface area contributed by atoms with Gasteiger partial charge < -0.3 is 19.5 Å². The number of sulfonamides is 1. The van der Waals surface area contributed by atoms with Crippen molar-refractivity contribution in [1.82, 2.24) is 19.1 Å². The molecule has 1 aromatic carbocycles. The first kappa shape index (κ1) is 23.5. The predicted octanol–water partition coefficient (Wildman–Crippen LogP) is 1.64. The smallest absolute Gasteiger partial charge is 0.268 e. The van der Waals surface area contributed by atoms with Crippen molar-refractivity contribution in [3.8, 4) is 0 Å². The van der Waals surface area contributed by atoms with Crippen molar-refractivity contribution in [1.29, 1.82) is 0 Å². The fourth-order valence-corrected chi connectivity index (χ4v) is 5.17. The van der Waals surface area contributed by atoms with E-state index < -0.39 is 10.0 Å². The van der Waals surface area contributed by atoms with Crippen molar-refractivity contribution in [2.24, 2.45) is 7.05 Å². The van der Waals surface area contributed by atoms with Crippen molar-refractivity contribution in [3.05, 3.63) is 53.3 Å². The lowest BCUT2D eigenvalue weighted by molar-refractivity contribution is 0.0730. The highest BCUT2D eigenvalue weighted by Gasteiger charge is 2.29. The quantitative estimate of drug-likeness (QED) is 0.664. The van der Waals surface area contributed by atoms with Crippen LogP contribution in [0.15, 0.2) is 41.4 Å². The number of hydrogen-bond donors (Lipinski definition) is 1. The number of aromatic nitrogens is 1. The summed E-state index contributed by atoms with van der Waals surface area (Å²) in [5, 5.41) is 2.96. The first-order valence-electron chi connectivity index (χ1n) is 10.5. The van der Waals surface area contributed by atoms with Crippen molar-refractivity contribution >= 4 is 15.9 Å². The minimum atomic E-state index is -3.65. The molecule has 0 aliphatic carbocycles. The number of morpholine rings is 1. The third kappa shape index (κ3) is 5.35. The summed E-state index contributed by atoms with van der Waals surface area (Å²) in [5.41, 5.74) is 2.69. The Labute approximate surface area is 184 Å². The van der Waals surface area contributed by atoms with Crippen LogP contribution in [0, 0.1) is 0 Å². The van der Waals surface area contributed by atoms with Gasteiger partial charge in [-0.05, 0) is 37.7 Å². The number of carbonyl (C=O) groups is 1. The van der Waals surface area contributed by atoms with Crippen LogP contribution in [0.4, 0.5) is 0 Å². The van der Waals surface area contributed by atoms with Gasteiger partial charge in [0.15, 0.2) is 0 Å². The van der Waals surface area contributed by atoms with Crippen molar-refractivity contribution in [2.45, 2.75) is 24.3 Å². The summed E-state index contributed by atoms with van der Waals surface area (Å²) in [6, 6.07) is 9.84. The maximum atomic E-state index is 12.9. The summed E-state index contributed by atoms with van der Waals surface area (Å²) in [6.07, 6.45) is 2.47. The van der Waals surface area contributed by atoms with Gasteiger partial charge in [0.05, 0.1) is 19.3 Å². The molecule has 2 aromatic rings. The number of hydrogen-bond acceptors (Lipinski definition) is 5. The zero-order valence-corrected chi connectivity index (χ0v) is 19.5. The van der Waals surface area contributed by atoms with Gasteiger partial charge in [0.25, 0.3) is 5.91 Å². The Kier molecular flexibility index (Phi) is 7.53. The van der Waals surface area contributed by atoms with E-state index in [2.05, 4.69) is 41.4 Å². The Morgan fingerprint density at radius 3 is 2.42 bits per heavy atom. The second-order valence-corrected chi connectivity index (χ2v) is 9.91. The zero-order chi connectivity index (χ0) is 22.6. The molecule has 9 heteroatoms. The third-order valence-electron chi connectivity index (χ3n) is 5.67. The van der Waals surface area contributed by atoms with Gasteiger partial charge in [-0.3, -0.25) is 4.79 Å². The lowest BCUT2D eigenvalue weighted by Gasteiger charge is -2.25. The average Bonchev–Trinajstić information content (AvgIpc) is 3.17. The van der Waals surface area contributed by atoms with Crippen molar-refractivity contribution in [2.75, 3.05) is 46.9 Å². The molecule has 1 N–H and O–H groups in total. The molecule has 0 radical (unpaired) electrons. The number of nitrogens with one attached hydrogen (secondary N) is 1. The average molecular weight is 449 g/mol. The SMILES string of the molecule is CCc1ccc(C(CNC(=O)c2cc(S(=O)(=O)N3CCOCC3)cn2C)N(C)C)cc1. The van der Waals surface area contributed by atoms with Crippen LogP contribution in [0.2, 0.25) is 0 Å². The van der Waals surface area contributed by atoms with Crippen LogP contribution in [0.3, 0.4) is 0 Å². The molecule has 1 amide bonds. The maximum absolute atomic E-state index is 12.9. The molecule has 31 heavy (non-hydrogen) atoms. The Bertz CT molecular complexity index is 993. The molecule has 1 aromatic heterocycles. The van der Waals surface area contributed by atoms with Crippen LogP contribution >= 0.6 is 0 Å². The molecular formula is C22H32N4O4S. The van der Waals surface area contributed by atoms with Crippen LogP contribution in [0.25, 0.3) is 0 Å². The molecule has 170 valence electrons. The van der Waals surface area contributed by atoms with E-state index in [-0.39, 0.29) is 16.8 Å². The van der Waals surface area contributed by atoms with E-state index in [1.54, 1.807) is 11.6 Å². The lowest BCUT2D eigenvalue weighted by atomic mass is 10.0. The van der Waals surface area contributed by atoms with Gasteiger partial charge in [0.2, 0.25) is 10.0 Å². The highest BCUT2D eigenvalue weighted by molar-refractivity contribution is 7.89. The van der Waals surface area contributed by atoms with Crippen LogP contribution in [0.1, 0.15) is 34.6 Å². The van der Waals surface area contributed by atoms with Gasteiger partial charge in [-0.15, -0.1) is 0 Å². The zero-order valence-electron chi connectivity index (χ0n) is 18.7. The summed E-state index contributed by atoms with van der Waals surface area (Å²) in [5.74, 6) is -0.303. The molecule has 1 atom stereocenters. The molecule has 1 unspecified atom stereocenters. The molecule has 2 heterocycles. The minimum absolute atomic E-state index is 0.00618. The van der Waals surface area contributed by atoms with E-state index in [1.165, 1.54) is 22.1 Å². The van der Waals surface area contributed by atoms with E-state index >= 15 is 0 Å². The largest absolute Gasteiger partial charge is 0.379 e. The molecular weight excluding hydrogens is 416 g/mol. The summed E-state index contributed by atoms with van der Waals surface area (Å²) in [7, 11) is 1.98. The van der Waals surface area contributed by atoms with Crippen LogP contribution < -0.4 is 5.32 Å². The highest BCUT2D eigenvalue weighted by atomic mass is 32.2. The molecule has 0 bridgehead atoms. The van der Waals surface area contributed by atoms with Gasteiger partial charge in [0, 0.05) is 32.9 Å². The van der Waals surface area contributed by atoms with Gasteiger partial charge in [-0.2, -0.15) is 4.31 Å². The fraction of sp³-hybridized carbons (Fsp3) is 0.500. The number of rotatable bonds is 8. The number of ether oxygens (including phenoxy) is 1. The third-order valence-corrected chi connectivity index (χ3v) is 7.54. The number of nitrogens with zero attached hydrogens (tertiary/aromatic N) is 3. The molecule has 8 nitrogen and oxygen atoms in total. The maximum Gasteiger partial charge on any atom is 0.268 e. The van der Waals surface area contributed by atoms with Crippen molar-refractivity contribution in [3.63, 3.8) is 0 Å². The van der Waals surface area contributed by atoms with Crippen molar-refractivity contribution < 1.29 is 17.9 Å². The normalized spacial score (nSPS) is 16.4. The lowest BCUT2D eigenvalue weighted by Crippen LogP contribution is -2.40. The molecule has 1 aliphatic rings. The minimum Gasteiger partial charge on any atom is -0.379 e. The number of aryl methyl sites for hydroxylation is 2. The second-order valence-electron chi connectivity index (χ2n) is 7.97. The van der Waals surface area contributed by atoms with E-state index in [1.807, 2.05) is 14.1 Å². The summed E-state index contributed by atoms with van der Waals surface area (Å²) < 4.78 is 34.0. The Balaban J connectivity index is 1.72.